The van der Waals surface area contributed by atoms with Crippen molar-refractivity contribution in [2.75, 3.05) is 13.2 Å². The summed E-state index contributed by atoms with van der Waals surface area (Å²) in [6, 6.07) is 11.1. The Morgan fingerprint density at radius 2 is 1.13 bits per heavy atom. The van der Waals surface area contributed by atoms with E-state index in [9.17, 15) is 9.59 Å². The Kier molecular flexibility index (Phi) is 15.5. The molecule has 0 radical (unpaired) electrons. The summed E-state index contributed by atoms with van der Waals surface area (Å²) in [6.07, 6.45) is 11.5. The van der Waals surface area contributed by atoms with E-state index in [1.54, 1.807) is 24.6 Å². The molecule has 0 fully saturated rings. The maximum absolute atomic E-state index is 12.1. The summed E-state index contributed by atoms with van der Waals surface area (Å²) in [7, 11) is 0. The highest BCUT2D eigenvalue weighted by Gasteiger charge is 2.05. The van der Waals surface area contributed by atoms with Crippen LogP contribution in [0.1, 0.15) is 56.1 Å². The second-order valence-electron chi connectivity index (χ2n) is 8.42. The second kappa shape index (κ2) is 18.9. The number of amides is 2. The van der Waals surface area contributed by atoms with Crippen molar-refractivity contribution >= 4 is 56.1 Å². The predicted octanol–water partition coefficient (Wildman–Crippen LogP) is 6.67. The van der Waals surface area contributed by atoms with Crippen LogP contribution in [-0.2, 0) is 9.59 Å². The largest absolute Gasteiger partial charge is 0.489 e. The van der Waals surface area contributed by atoms with Crippen LogP contribution in [0.5, 0.6) is 11.5 Å². The van der Waals surface area contributed by atoms with E-state index in [0.29, 0.717) is 37.6 Å². The Labute approximate surface area is 246 Å². The van der Waals surface area contributed by atoms with Gasteiger partial charge in [0.15, 0.2) is 0 Å². The van der Waals surface area contributed by atoms with E-state index in [4.69, 9.17) is 9.47 Å². The van der Waals surface area contributed by atoms with E-state index in [2.05, 4.69) is 66.1 Å². The van der Waals surface area contributed by atoms with Crippen molar-refractivity contribution in [1.82, 2.24) is 10.9 Å². The molecule has 2 amide bonds. The van der Waals surface area contributed by atoms with Crippen LogP contribution in [0.4, 0.5) is 0 Å². The molecule has 0 aliphatic carbocycles. The first-order chi connectivity index (χ1) is 18.9. The van der Waals surface area contributed by atoms with Crippen LogP contribution in [0.15, 0.2) is 80.9 Å². The Morgan fingerprint density at radius 1 is 0.718 bits per heavy atom. The van der Waals surface area contributed by atoms with Gasteiger partial charge < -0.3 is 9.47 Å². The average Bonchev–Trinajstić information content (AvgIpc) is 2.91. The van der Waals surface area contributed by atoms with Crippen molar-refractivity contribution < 1.29 is 19.1 Å². The highest BCUT2D eigenvalue weighted by Crippen LogP contribution is 2.23. The zero-order valence-corrected chi connectivity index (χ0v) is 25.0. The number of halogens is 2. The molecule has 0 saturated heterocycles. The molecule has 0 atom stereocenters. The Hall–Kier alpha value is -3.24. The first-order valence-electron chi connectivity index (χ1n) is 12.6. The number of nitrogens with one attached hydrogen (secondary N) is 2. The predicted molar refractivity (Wildman–Crippen MR) is 163 cm³/mol. The summed E-state index contributed by atoms with van der Waals surface area (Å²) in [5, 5.41) is 8.09. The molecular weight excluding hydrogens is 628 g/mol. The van der Waals surface area contributed by atoms with Crippen LogP contribution < -0.4 is 20.3 Å². The maximum atomic E-state index is 12.1. The molecule has 2 N–H and O–H groups in total. The van der Waals surface area contributed by atoms with Gasteiger partial charge in [-0.25, -0.2) is 10.9 Å². The van der Waals surface area contributed by atoms with Crippen molar-refractivity contribution in [2.24, 2.45) is 10.2 Å². The number of hydrogen-bond acceptors (Lipinski definition) is 6. The first-order valence-corrected chi connectivity index (χ1v) is 14.2. The molecule has 2 rings (SSSR count). The number of nitrogens with zero attached hydrogens (tertiary/aromatic N) is 2. The van der Waals surface area contributed by atoms with Gasteiger partial charge in [-0.1, -0.05) is 76.4 Å². The molecular formula is C29H34Br2N4O4. The number of rotatable bonds is 18. The molecule has 8 nitrogen and oxygen atoms in total. The van der Waals surface area contributed by atoms with Gasteiger partial charge in [0.25, 0.3) is 0 Å². The van der Waals surface area contributed by atoms with E-state index in [1.165, 1.54) is 0 Å². The second-order valence-corrected chi connectivity index (χ2v) is 10.2. The van der Waals surface area contributed by atoms with Crippen LogP contribution in [0.2, 0.25) is 0 Å². The molecule has 2 aromatic carbocycles. The fraction of sp³-hybridized carbons (Fsp3) is 0.310. The highest BCUT2D eigenvalue weighted by atomic mass is 79.9. The maximum Gasteiger partial charge on any atom is 0.240 e. The number of benzene rings is 2. The summed E-state index contributed by atoms with van der Waals surface area (Å²) in [5.41, 5.74) is 6.61. The fourth-order valence-electron chi connectivity index (χ4n) is 3.36. The topological polar surface area (TPSA) is 101 Å². The average molecular weight is 662 g/mol. The molecule has 0 aromatic heterocycles. The first kappa shape index (κ1) is 32.0. The molecule has 2 aromatic rings. The number of unbranched alkanes of at least 4 members (excludes halogenated alkanes) is 4. The van der Waals surface area contributed by atoms with Gasteiger partial charge in [0, 0.05) is 32.9 Å². The standard InChI is InChI=1S/C29H34Br2N4O4/c1-3-16-38-26-14-12-24(30)18-22(26)20-32-34-28(36)10-8-6-5-7-9-11-29(37)35-33-21-23-19-25(31)13-15-27(23)39-17-4-2/h3-4,12-15,18-21H,1-2,5-11,16-17H2,(H,34,36)(H,35,37)/b32-20+,33-21+. The third kappa shape index (κ3) is 13.4. The normalized spacial score (nSPS) is 10.9. The SMILES string of the molecule is C=CCOc1ccc(Br)cc1/C=N/NC(=O)CCCCCCCC(=O)N/N=C/c1cc(Br)ccc1OCC=C. The molecule has 10 heteroatoms. The van der Waals surface area contributed by atoms with Crippen LogP contribution in [0, 0.1) is 0 Å². The van der Waals surface area contributed by atoms with E-state index in [1.807, 2.05) is 36.4 Å². The number of hydrazone groups is 2. The van der Waals surface area contributed by atoms with Gasteiger partial charge in [-0.05, 0) is 49.2 Å². The van der Waals surface area contributed by atoms with Crippen molar-refractivity contribution in [1.29, 1.82) is 0 Å². The molecule has 0 saturated carbocycles. The smallest absolute Gasteiger partial charge is 0.240 e. The third-order valence-corrected chi connectivity index (χ3v) is 6.24. The van der Waals surface area contributed by atoms with E-state index < -0.39 is 0 Å². The van der Waals surface area contributed by atoms with Gasteiger partial charge in [0.1, 0.15) is 24.7 Å². The minimum Gasteiger partial charge on any atom is -0.489 e. The third-order valence-electron chi connectivity index (χ3n) is 5.25. The lowest BCUT2D eigenvalue weighted by molar-refractivity contribution is -0.121. The summed E-state index contributed by atoms with van der Waals surface area (Å²) in [5.74, 6) is 1.03. The molecule has 0 spiro atoms. The zero-order chi connectivity index (χ0) is 28.3. The van der Waals surface area contributed by atoms with Crippen molar-refractivity contribution in [3.05, 3.63) is 81.8 Å². The lowest BCUT2D eigenvalue weighted by Crippen LogP contribution is -2.17. The summed E-state index contributed by atoms with van der Waals surface area (Å²) in [6.45, 7) is 8.05. The lowest BCUT2D eigenvalue weighted by Gasteiger charge is -2.07. The van der Waals surface area contributed by atoms with Crippen LogP contribution in [0.3, 0.4) is 0 Å². The van der Waals surface area contributed by atoms with Crippen molar-refractivity contribution in [2.45, 2.75) is 44.9 Å². The number of ether oxygens (including phenoxy) is 2. The van der Waals surface area contributed by atoms with Gasteiger partial charge in [-0.2, -0.15) is 10.2 Å². The van der Waals surface area contributed by atoms with Crippen molar-refractivity contribution in [3.63, 3.8) is 0 Å². The van der Waals surface area contributed by atoms with Crippen molar-refractivity contribution in [3.8, 4) is 11.5 Å². The van der Waals surface area contributed by atoms with Gasteiger partial charge >= 0.3 is 0 Å². The molecule has 0 heterocycles. The lowest BCUT2D eigenvalue weighted by atomic mass is 10.1. The van der Waals surface area contributed by atoms with E-state index in [-0.39, 0.29) is 11.8 Å². The minimum atomic E-state index is -0.143. The molecule has 0 bridgehead atoms. The minimum absolute atomic E-state index is 0.143. The number of carbonyl (C=O) groups is 2. The quantitative estimate of drug-likeness (QED) is 0.0806. The molecule has 208 valence electrons. The van der Waals surface area contributed by atoms with Gasteiger partial charge in [-0.3, -0.25) is 9.59 Å². The Balaban J connectivity index is 1.59. The molecule has 39 heavy (non-hydrogen) atoms. The van der Waals surface area contributed by atoms with Gasteiger partial charge in [0.05, 0.1) is 12.4 Å². The van der Waals surface area contributed by atoms with Crippen LogP contribution in [-0.4, -0.2) is 37.5 Å². The zero-order valence-electron chi connectivity index (χ0n) is 21.8. The summed E-state index contributed by atoms with van der Waals surface area (Å²) < 4.78 is 13.0. The highest BCUT2D eigenvalue weighted by molar-refractivity contribution is 9.10. The fourth-order valence-corrected chi connectivity index (χ4v) is 4.12. The van der Waals surface area contributed by atoms with Crippen LogP contribution in [0.25, 0.3) is 0 Å². The van der Waals surface area contributed by atoms with Crippen LogP contribution >= 0.6 is 31.9 Å². The van der Waals surface area contributed by atoms with Gasteiger partial charge in [0.2, 0.25) is 11.8 Å². The Morgan fingerprint density at radius 3 is 1.54 bits per heavy atom. The molecule has 0 aliphatic heterocycles. The number of hydrogen-bond donors (Lipinski definition) is 2. The van der Waals surface area contributed by atoms with Gasteiger partial charge in [-0.15, -0.1) is 0 Å². The van der Waals surface area contributed by atoms with E-state index in [0.717, 1.165) is 52.2 Å². The summed E-state index contributed by atoms with van der Waals surface area (Å²) in [4.78, 5) is 24.1. The van der Waals surface area contributed by atoms with E-state index >= 15 is 0 Å². The molecule has 0 aliphatic rings. The molecule has 0 unspecified atom stereocenters. The Bertz CT molecular complexity index is 1080. The monoisotopic (exact) mass is 660 g/mol. The number of carbonyl (C=O) groups excluding carboxylic acids is 2. The summed E-state index contributed by atoms with van der Waals surface area (Å²) >= 11 is 6.85.